The summed E-state index contributed by atoms with van der Waals surface area (Å²) < 4.78 is 67.4. The van der Waals surface area contributed by atoms with Crippen molar-refractivity contribution < 1.29 is 35.6 Å². The zero-order valence-electron chi connectivity index (χ0n) is 18.5. The van der Waals surface area contributed by atoms with Crippen LogP contribution in [0.3, 0.4) is 0 Å². The molecule has 0 bridgehead atoms. The lowest BCUT2D eigenvalue weighted by atomic mass is 10.0. The van der Waals surface area contributed by atoms with Crippen LogP contribution in [-0.2, 0) is 20.2 Å². The molecule has 0 aliphatic rings. The average Bonchev–Trinajstić information content (AvgIpc) is 2.73. The van der Waals surface area contributed by atoms with Crippen LogP contribution in [-0.4, -0.2) is 55.3 Å². The molecule has 0 amide bonds. The van der Waals surface area contributed by atoms with E-state index in [1.54, 1.807) is 60.1 Å². The maximum Gasteiger partial charge on any atom is 0.274 e. The Bertz CT molecular complexity index is 1150. The summed E-state index contributed by atoms with van der Waals surface area (Å²) in [6.07, 6.45) is 3.92. The van der Waals surface area contributed by atoms with Crippen LogP contribution in [0.1, 0.15) is 44.3 Å². The number of phenols is 1. The molecule has 2 aromatic rings. The number of hydrogen-bond acceptors (Lipinski definition) is 7. The molecule has 10 nitrogen and oxygen atoms in total. The summed E-state index contributed by atoms with van der Waals surface area (Å²) in [7, 11) is -6.95. The first-order valence-electron chi connectivity index (χ1n) is 10.4. The Morgan fingerprint density at radius 1 is 1.06 bits per heavy atom. The van der Waals surface area contributed by atoms with Gasteiger partial charge in [0.05, 0.1) is 11.4 Å². The first-order valence-corrected chi connectivity index (χ1v) is 13.5. The number of nitrogens with zero attached hydrogens (tertiary/aromatic N) is 3. The molecular formula is C21H30N3O7S2+. The minimum atomic E-state index is -4.45. The number of anilines is 1. The lowest BCUT2D eigenvalue weighted by Gasteiger charge is -2.21. The molecule has 2 atom stereocenters. The average molecular weight is 501 g/mol. The maximum atomic E-state index is 12.2. The summed E-state index contributed by atoms with van der Waals surface area (Å²) in [4.78, 5) is 0. The van der Waals surface area contributed by atoms with Gasteiger partial charge in [-0.25, -0.2) is 0 Å². The molecule has 33 heavy (non-hydrogen) atoms. The highest BCUT2D eigenvalue weighted by Gasteiger charge is 2.39. The minimum absolute atomic E-state index is 0.00508. The highest BCUT2D eigenvalue weighted by molar-refractivity contribution is 7.86. The number of rotatable bonds is 12. The number of pyridine rings is 1. The Labute approximate surface area is 194 Å². The van der Waals surface area contributed by atoms with E-state index in [-0.39, 0.29) is 25.0 Å². The summed E-state index contributed by atoms with van der Waals surface area (Å²) in [5, 5.41) is 14.2. The topological polar surface area (TPSA) is 148 Å². The highest BCUT2D eigenvalue weighted by Crippen LogP contribution is 2.24. The molecule has 1 heterocycles. The van der Waals surface area contributed by atoms with Crippen LogP contribution in [0.5, 0.6) is 5.75 Å². The largest absolute Gasteiger partial charge is 0.508 e. The summed E-state index contributed by atoms with van der Waals surface area (Å²) in [6.45, 7) is 1.79. The van der Waals surface area contributed by atoms with Gasteiger partial charge in [-0.2, -0.15) is 26.5 Å². The number of phenolic OH excluding ortho intramolecular Hbond substituents is 1. The maximum absolute atomic E-state index is 12.2. The van der Waals surface area contributed by atoms with Crippen molar-refractivity contribution in [2.24, 2.45) is 5.10 Å². The van der Waals surface area contributed by atoms with E-state index in [4.69, 9.17) is 4.55 Å². The van der Waals surface area contributed by atoms with E-state index < -0.39 is 37.3 Å². The summed E-state index contributed by atoms with van der Waals surface area (Å²) in [5.74, 6) is -0.397. The lowest BCUT2D eigenvalue weighted by Crippen LogP contribution is -2.51. The molecule has 1 aromatic heterocycles. The molecular weight excluding hydrogens is 470 g/mol. The fraction of sp³-hybridized carbons (Fsp3) is 0.429. The van der Waals surface area contributed by atoms with E-state index in [0.717, 1.165) is 0 Å². The van der Waals surface area contributed by atoms with Crippen molar-refractivity contribution >= 4 is 32.1 Å². The van der Waals surface area contributed by atoms with Gasteiger partial charge in [0.1, 0.15) is 17.2 Å². The van der Waals surface area contributed by atoms with E-state index >= 15 is 0 Å². The molecule has 1 aromatic carbocycles. The molecule has 0 spiro atoms. The Morgan fingerprint density at radius 3 is 2.30 bits per heavy atom. The third kappa shape index (κ3) is 8.39. The number of aromatic hydroxyl groups is 1. The number of hydrogen-bond donors (Lipinski definition) is 3. The van der Waals surface area contributed by atoms with Gasteiger partial charge in [0, 0.05) is 25.6 Å². The van der Waals surface area contributed by atoms with Crippen molar-refractivity contribution in [3.05, 3.63) is 54.4 Å². The molecule has 3 N–H and O–H groups in total. The second kappa shape index (κ2) is 11.5. The lowest BCUT2D eigenvalue weighted by molar-refractivity contribution is -0.724. The van der Waals surface area contributed by atoms with Crippen LogP contribution in [0.4, 0.5) is 5.69 Å². The van der Waals surface area contributed by atoms with Crippen molar-refractivity contribution in [2.75, 3.05) is 17.8 Å². The molecule has 0 saturated heterocycles. The summed E-state index contributed by atoms with van der Waals surface area (Å²) in [6, 6.07) is 10.8. The van der Waals surface area contributed by atoms with E-state index in [9.17, 15) is 26.5 Å². The molecule has 0 fully saturated rings. The van der Waals surface area contributed by atoms with Crippen molar-refractivity contribution in [3.63, 3.8) is 0 Å². The Balaban J connectivity index is 2.42. The van der Waals surface area contributed by atoms with E-state index in [0.29, 0.717) is 17.8 Å². The predicted molar refractivity (Wildman–Crippen MR) is 126 cm³/mol. The summed E-state index contributed by atoms with van der Waals surface area (Å²) in [5.41, 5.74) is 1.24. The van der Waals surface area contributed by atoms with Crippen LogP contribution < -0.4 is 9.58 Å². The highest BCUT2D eigenvalue weighted by atomic mass is 32.2. The van der Waals surface area contributed by atoms with Gasteiger partial charge >= 0.3 is 0 Å². The quantitative estimate of drug-likeness (QED) is 0.174. The van der Waals surface area contributed by atoms with Crippen molar-refractivity contribution in [3.8, 4) is 5.75 Å². The van der Waals surface area contributed by atoms with E-state index in [1.807, 2.05) is 0 Å². The standard InChI is InChI=1S/C21H29N3O7S2/c1-3-7-21(33(29,30)31)20(9-6-15-32(26,27)28)24-14-5-4-8-18(24)16-22-23(2)17-10-12-19(25)13-11-17/h4-5,8,10-14,16,20-21H,3,6-7,9,15H2,1-2H3,(H2-,22,25,26,27,28,29,30,31)/p+1. The van der Waals surface area contributed by atoms with Gasteiger partial charge in [0.15, 0.2) is 12.2 Å². The van der Waals surface area contributed by atoms with Gasteiger partial charge in [-0.05, 0) is 43.2 Å². The Kier molecular flexibility index (Phi) is 9.35. The molecule has 0 aliphatic carbocycles. The fourth-order valence-corrected chi connectivity index (χ4v) is 5.29. The summed E-state index contributed by atoms with van der Waals surface area (Å²) >= 11 is 0. The van der Waals surface area contributed by atoms with Crippen molar-refractivity contribution in [1.82, 2.24) is 0 Å². The SMILES string of the molecule is CCCC(C(CCCS(=O)(=O)O)[n+]1ccccc1C=NN(C)c1ccc(O)cc1)S(=O)(=O)O. The fourth-order valence-electron chi connectivity index (χ4n) is 3.56. The molecule has 0 aliphatic heterocycles. The normalized spacial score (nSPS) is 14.3. The molecule has 182 valence electrons. The van der Waals surface area contributed by atoms with E-state index in [2.05, 4.69) is 5.10 Å². The Hall–Kier alpha value is -2.54. The van der Waals surface area contributed by atoms with Crippen LogP contribution in [0.25, 0.3) is 0 Å². The third-order valence-corrected chi connectivity index (χ3v) is 7.27. The van der Waals surface area contributed by atoms with Crippen LogP contribution >= 0.6 is 0 Å². The van der Waals surface area contributed by atoms with Gasteiger partial charge in [-0.1, -0.05) is 13.3 Å². The van der Waals surface area contributed by atoms with Crippen molar-refractivity contribution in [1.29, 1.82) is 0 Å². The third-order valence-electron chi connectivity index (χ3n) is 5.15. The predicted octanol–water partition coefficient (Wildman–Crippen LogP) is 2.42. The Morgan fingerprint density at radius 2 is 1.73 bits per heavy atom. The first-order chi connectivity index (χ1) is 15.4. The van der Waals surface area contributed by atoms with Crippen LogP contribution in [0, 0.1) is 0 Å². The second-order valence-electron chi connectivity index (χ2n) is 7.66. The molecule has 2 unspecified atom stereocenters. The van der Waals surface area contributed by atoms with Gasteiger partial charge in [-0.15, -0.1) is 0 Å². The van der Waals surface area contributed by atoms with Crippen LogP contribution in [0.15, 0.2) is 53.8 Å². The van der Waals surface area contributed by atoms with Gasteiger partial charge in [0.25, 0.3) is 20.2 Å². The number of aromatic nitrogens is 1. The monoisotopic (exact) mass is 500 g/mol. The smallest absolute Gasteiger partial charge is 0.274 e. The van der Waals surface area contributed by atoms with Gasteiger partial charge in [-0.3, -0.25) is 14.1 Å². The first kappa shape index (κ1) is 26.7. The molecule has 0 radical (unpaired) electrons. The second-order valence-corrected chi connectivity index (χ2v) is 10.9. The number of hydrazone groups is 1. The number of benzene rings is 1. The zero-order valence-corrected chi connectivity index (χ0v) is 20.2. The van der Waals surface area contributed by atoms with E-state index in [1.165, 1.54) is 18.3 Å². The molecule has 0 saturated carbocycles. The van der Waals surface area contributed by atoms with Gasteiger partial charge in [0.2, 0.25) is 5.69 Å². The molecule has 12 heteroatoms. The zero-order chi connectivity index (χ0) is 24.6. The molecule has 2 rings (SSSR count). The van der Waals surface area contributed by atoms with Crippen molar-refractivity contribution in [2.45, 2.75) is 43.9 Å². The minimum Gasteiger partial charge on any atom is -0.508 e. The van der Waals surface area contributed by atoms with Crippen LogP contribution in [0.2, 0.25) is 0 Å². The van der Waals surface area contributed by atoms with Gasteiger partial charge < -0.3 is 5.11 Å².